The van der Waals surface area contributed by atoms with Gasteiger partial charge in [0.1, 0.15) is 0 Å². The molecule has 0 amide bonds. The first-order chi connectivity index (χ1) is 33.5. The molecule has 7 aromatic carbocycles. The second-order valence-corrected chi connectivity index (χ2v) is 15.3. The second-order valence-electron chi connectivity index (χ2n) is 15.3. The van der Waals surface area contributed by atoms with E-state index in [2.05, 4.69) is 124 Å². The molecule has 0 bridgehead atoms. The number of benzene rings is 7. The molecule has 0 atom stereocenters. The maximum atomic E-state index is 9.82. The highest BCUT2D eigenvalue weighted by Crippen LogP contribution is 2.57. The van der Waals surface area contributed by atoms with Crippen molar-refractivity contribution < 1.29 is 6.85 Å². The van der Waals surface area contributed by atoms with Crippen molar-refractivity contribution in [3.63, 3.8) is 0 Å². The predicted molar refractivity (Wildman–Crippen MR) is 278 cm³/mol. The molecule has 1 nitrogen and oxygen atoms in total. The van der Waals surface area contributed by atoms with Gasteiger partial charge in [0.05, 0.1) is 12.3 Å². The van der Waals surface area contributed by atoms with Crippen LogP contribution in [0.3, 0.4) is 0 Å². The number of fused-ring (bicyclic) bond motifs is 3. The Morgan fingerprint density at radius 3 is 1.70 bits per heavy atom. The van der Waals surface area contributed by atoms with Gasteiger partial charge in [0, 0.05) is 17.1 Å². The van der Waals surface area contributed by atoms with Crippen molar-refractivity contribution in [2.45, 2.75) is 5.41 Å². The van der Waals surface area contributed by atoms with Gasteiger partial charge >= 0.3 is 0 Å². The molecule has 0 saturated carbocycles. The van der Waals surface area contributed by atoms with Gasteiger partial charge < -0.3 is 4.90 Å². The van der Waals surface area contributed by atoms with E-state index in [4.69, 9.17) is 1.37 Å². The summed E-state index contributed by atoms with van der Waals surface area (Å²) >= 11 is 0. The van der Waals surface area contributed by atoms with Crippen LogP contribution in [0.2, 0.25) is 0 Å². The minimum absolute atomic E-state index is 0.0328. The minimum Gasteiger partial charge on any atom is -0.310 e. The maximum Gasteiger partial charge on any atom is 0.0714 e. The highest BCUT2D eigenvalue weighted by Gasteiger charge is 2.46. The molecule has 0 unspecified atom stereocenters. The highest BCUT2D eigenvalue weighted by atomic mass is 15.1. The molecule has 0 N–H and O–H groups in total. The van der Waals surface area contributed by atoms with Crippen LogP contribution in [-0.2, 0) is 5.41 Å². The lowest BCUT2D eigenvalue weighted by Crippen LogP contribution is -2.28. The Morgan fingerprint density at radius 2 is 1.05 bits per heavy atom. The molecule has 1 heteroatoms. The van der Waals surface area contributed by atoms with Crippen LogP contribution in [0.25, 0.3) is 40.0 Å². The van der Waals surface area contributed by atoms with E-state index in [1.54, 1.807) is 42.5 Å². The first-order valence-electron chi connectivity index (χ1n) is 23.6. The quantitative estimate of drug-likeness (QED) is 0.0877. The SMILES string of the molecule is [2H]c1cc(/C=C\C=C)c(/C=C\C=C)cc1-c1c([2H])c([2H])c(N(c2ccc(C(=C)/C=C\C(=C)C(=C)/C=C\C=C)cc2)c2ccc3c(c2)C(c2ccccc2)(c2ccccc2)c2ccccc2-3)c([2H])c1[2H]. The van der Waals surface area contributed by atoms with E-state index in [-0.39, 0.29) is 47.0 Å². The van der Waals surface area contributed by atoms with E-state index in [1.165, 1.54) is 0 Å². The average molecular weight is 827 g/mol. The molecular formula is C63H51N. The van der Waals surface area contributed by atoms with Crippen LogP contribution in [0.4, 0.5) is 17.1 Å². The highest BCUT2D eigenvalue weighted by molar-refractivity contribution is 5.90. The third-order valence-electron chi connectivity index (χ3n) is 11.5. The van der Waals surface area contributed by atoms with Gasteiger partial charge in [-0.15, -0.1) is 0 Å². The largest absolute Gasteiger partial charge is 0.310 e. The van der Waals surface area contributed by atoms with Gasteiger partial charge in [-0.05, 0) is 120 Å². The summed E-state index contributed by atoms with van der Waals surface area (Å²) in [7, 11) is 0. The van der Waals surface area contributed by atoms with Crippen molar-refractivity contribution in [1.29, 1.82) is 0 Å². The van der Waals surface area contributed by atoms with Crippen LogP contribution in [0.5, 0.6) is 0 Å². The summed E-state index contributed by atoms with van der Waals surface area (Å²) < 4.78 is 48.0. The summed E-state index contributed by atoms with van der Waals surface area (Å²) in [6.45, 7) is 23.9. The van der Waals surface area contributed by atoms with Crippen molar-refractivity contribution in [1.82, 2.24) is 0 Å². The number of allylic oxidation sites excluding steroid dienone is 12. The van der Waals surface area contributed by atoms with E-state index < -0.39 is 5.41 Å². The summed E-state index contributed by atoms with van der Waals surface area (Å²) in [5.74, 6) is 0. The van der Waals surface area contributed by atoms with E-state index >= 15 is 0 Å². The Hall–Kier alpha value is -8.26. The predicted octanol–water partition coefficient (Wildman–Crippen LogP) is 17.0. The second kappa shape index (κ2) is 19.2. The van der Waals surface area contributed by atoms with Crippen LogP contribution in [-0.4, -0.2) is 0 Å². The van der Waals surface area contributed by atoms with Crippen LogP contribution < -0.4 is 4.90 Å². The molecule has 0 spiro atoms. The van der Waals surface area contributed by atoms with Gasteiger partial charge in [-0.1, -0.05) is 234 Å². The fraction of sp³-hybridized carbons (Fsp3) is 0.0159. The van der Waals surface area contributed by atoms with Crippen molar-refractivity contribution in [2.24, 2.45) is 0 Å². The summed E-state index contributed by atoms with van der Waals surface area (Å²) in [4.78, 5) is 1.82. The molecule has 1 aliphatic carbocycles. The summed E-state index contributed by atoms with van der Waals surface area (Å²) in [6, 6.07) is 45.8. The monoisotopic (exact) mass is 826 g/mol. The van der Waals surface area contributed by atoms with Crippen LogP contribution in [0.1, 0.15) is 45.8 Å². The minimum atomic E-state index is -0.741. The maximum absolute atomic E-state index is 9.82. The standard InChI is InChI=1S/C63H51N/c1-7-10-21-46(4)47(5)30-31-48(6)49-34-38-56(39-35-49)64(57-40-36-51(37-41-57)53-33-32-50(22-11-8-2)52(44-53)23-12-9-3)58-42-43-60-59-28-19-20-29-61(59)63(62(60)45-58,54-24-15-13-16-25-54)55-26-17-14-18-27-55/h7-45H,1-6H2/b21-10-,22-11-,23-12-,31-30-/i33D,36D,37D,40D,41D. The van der Waals surface area contributed by atoms with Gasteiger partial charge in [0.15, 0.2) is 0 Å². The number of hydrogen-bond donors (Lipinski definition) is 0. The van der Waals surface area contributed by atoms with E-state index in [1.807, 2.05) is 83.8 Å². The van der Waals surface area contributed by atoms with Crippen molar-refractivity contribution >= 4 is 34.8 Å². The Morgan fingerprint density at radius 1 is 0.469 bits per heavy atom. The summed E-state index contributed by atoms with van der Waals surface area (Å²) in [5, 5.41) is 0. The van der Waals surface area contributed by atoms with Crippen LogP contribution in [0, 0.1) is 0 Å². The zero-order valence-corrected chi connectivity index (χ0v) is 35.8. The number of hydrogen-bond acceptors (Lipinski definition) is 1. The van der Waals surface area contributed by atoms with E-state index in [0.29, 0.717) is 11.4 Å². The Labute approximate surface area is 386 Å². The summed E-state index contributed by atoms with van der Waals surface area (Å²) in [6.07, 6.45) is 19.6. The Kier molecular flexibility index (Phi) is 10.9. The molecule has 0 aromatic heterocycles. The van der Waals surface area contributed by atoms with Crippen molar-refractivity contribution in [2.75, 3.05) is 4.90 Å². The van der Waals surface area contributed by atoms with Crippen LogP contribution in [0.15, 0.2) is 275 Å². The van der Waals surface area contributed by atoms with Gasteiger partial charge in [-0.25, -0.2) is 0 Å². The van der Waals surface area contributed by atoms with Crippen LogP contribution >= 0.6 is 0 Å². The van der Waals surface area contributed by atoms with Crippen molar-refractivity contribution in [3.8, 4) is 22.3 Å². The molecule has 0 radical (unpaired) electrons. The van der Waals surface area contributed by atoms with E-state index in [9.17, 15) is 5.48 Å². The first-order valence-corrected chi connectivity index (χ1v) is 21.1. The van der Waals surface area contributed by atoms with Gasteiger partial charge in [-0.3, -0.25) is 0 Å². The molecule has 0 heterocycles. The lowest BCUT2D eigenvalue weighted by atomic mass is 9.67. The molecule has 308 valence electrons. The summed E-state index contributed by atoms with van der Waals surface area (Å²) in [5.41, 5.74) is 11.8. The number of rotatable bonds is 16. The molecule has 0 aliphatic heterocycles. The van der Waals surface area contributed by atoms with Crippen molar-refractivity contribution in [3.05, 3.63) is 314 Å². The van der Waals surface area contributed by atoms with E-state index in [0.717, 1.165) is 66.8 Å². The first kappa shape index (κ1) is 36.4. The smallest absolute Gasteiger partial charge is 0.0714 e. The normalized spacial score (nSPS) is 13.7. The van der Waals surface area contributed by atoms with Gasteiger partial charge in [0.2, 0.25) is 0 Å². The lowest BCUT2D eigenvalue weighted by molar-refractivity contribution is 0.768. The molecule has 64 heavy (non-hydrogen) atoms. The fourth-order valence-electron chi connectivity index (χ4n) is 8.35. The zero-order valence-electron chi connectivity index (χ0n) is 40.8. The molecular weight excluding hydrogens is 771 g/mol. The molecule has 0 saturated heterocycles. The molecule has 8 rings (SSSR count). The Bertz CT molecular complexity index is 3250. The van der Waals surface area contributed by atoms with Gasteiger partial charge in [-0.2, -0.15) is 0 Å². The average Bonchev–Trinajstić information content (AvgIpc) is 3.68. The third-order valence-corrected chi connectivity index (χ3v) is 11.5. The molecule has 7 aromatic rings. The molecule has 0 fully saturated rings. The Balaban J connectivity index is 1.36. The van der Waals surface area contributed by atoms with Gasteiger partial charge in [0.25, 0.3) is 0 Å². The third kappa shape index (κ3) is 8.36. The number of nitrogens with zero attached hydrogens (tertiary/aromatic N) is 1. The topological polar surface area (TPSA) is 3.24 Å². The molecule has 1 aliphatic rings. The number of anilines is 3. The lowest BCUT2D eigenvalue weighted by Gasteiger charge is -2.35. The fourth-order valence-corrected chi connectivity index (χ4v) is 8.35. The zero-order chi connectivity index (χ0) is 48.8.